The summed E-state index contributed by atoms with van der Waals surface area (Å²) in [5.41, 5.74) is 2.89. The molecular weight excluding hydrogens is 589 g/mol. The number of rotatable bonds is 8. The zero-order chi connectivity index (χ0) is 31.5. The summed E-state index contributed by atoms with van der Waals surface area (Å²) in [7, 11) is 0. The lowest BCUT2D eigenvalue weighted by atomic mass is 10.0. The molecule has 7 rings (SSSR count). The summed E-state index contributed by atoms with van der Waals surface area (Å²) >= 11 is 0. The van der Waals surface area contributed by atoms with Crippen molar-refractivity contribution in [2.24, 2.45) is 0 Å². The second-order valence-electron chi connectivity index (χ2n) is 12.2. The number of carbonyl (C=O) groups is 1. The second kappa shape index (κ2) is 13.5. The van der Waals surface area contributed by atoms with Crippen LogP contribution in [0.2, 0.25) is 0 Å². The molecule has 0 spiro atoms. The number of amides is 1. The van der Waals surface area contributed by atoms with E-state index < -0.39 is 12.3 Å². The van der Waals surface area contributed by atoms with Gasteiger partial charge < -0.3 is 29.9 Å². The summed E-state index contributed by atoms with van der Waals surface area (Å²) in [5, 5.41) is 16.3. The monoisotopic (exact) mass is 627 g/mol. The van der Waals surface area contributed by atoms with Gasteiger partial charge in [-0.15, -0.1) is 0 Å². The number of piperazine rings is 1. The first-order valence-corrected chi connectivity index (χ1v) is 16.0. The Labute approximate surface area is 267 Å². The Balaban J connectivity index is 0.960. The SMILES string of the molecule is N#Cc1cc(-c2ncnc(Nc3ccc(N4CCN(C5COC5)CC4)cc3)n2)ccc1OC1CCN(C(=O)[C@@H]2CCCN2)CC1F. The number of carbonyl (C=O) groups excluding carboxylic acids is 1. The highest BCUT2D eigenvalue weighted by Crippen LogP contribution is 2.29. The number of alkyl halides is 1. The molecule has 4 saturated heterocycles. The van der Waals surface area contributed by atoms with Gasteiger partial charge in [0.25, 0.3) is 0 Å². The first-order valence-electron chi connectivity index (χ1n) is 16.0. The fourth-order valence-corrected chi connectivity index (χ4v) is 6.51. The lowest BCUT2D eigenvalue weighted by Crippen LogP contribution is -2.56. The molecule has 5 heterocycles. The number of piperidine rings is 1. The van der Waals surface area contributed by atoms with E-state index in [2.05, 4.69) is 53.6 Å². The topological polar surface area (TPSA) is 132 Å². The van der Waals surface area contributed by atoms with Gasteiger partial charge in [0.1, 0.15) is 24.3 Å². The molecule has 0 saturated carbocycles. The molecule has 0 radical (unpaired) electrons. The van der Waals surface area contributed by atoms with E-state index in [4.69, 9.17) is 9.47 Å². The van der Waals surface area contributed by atoms with Crippen molar-refractivity contribution in [1.82, 2.24) is 30.1 Å². The van der Waals surface area contributed by atoms with Crippen molar-refractivity contribution in [2.45, 2.75) is 43.6 Å². The fourth-order valence-electron chi connectivity index (χ4n) is 6.51. The number of ether oxygens (including phenoxy) is 2. The van der Waals surface area contributed by atoms with Crippen molar-refractivity contribution in [3.05, 3.63) is 54.4 Å². The molecule has 3 atom stereocenters. The molecule has 4 aliphatic heterocycles. The summed E-state index contributed by atoms with van der Waals surface area (Å²) in [6.07, 6.45) is 1.41. The first kappa shape index (κ1) is 30.3. The van der Waals surface area contributed by atoms with Gasteiger partial charge in [0.15, 0.2) is 12.0 Å². The highest BCUT2D eigenvalue weighted by Gasteiger charge is 2.36. The molecule has 3 aromatic rings. The van der Waals surface area contributed by atoms with Crippen LogP contribution in [0.15, 0.2) is 48.8 Å². The maximum Gasteiger partial charge on any atom is 0.239 e. The third-order valence-electron chi connectivity index (χ3n) is 9.30. The third-order valence-corrected chi connectivity index (χ3v) is 9.30. The van der Waals surface area contributed by atoms with Crippen molar-refractivity contribution in [3.63, 3.8) is 0 Å². The van der Waals surface area contributed by atoms with Gasteiger partial charge in [0.2, 0.25) is 11.9 Å². The van der Waals surface area contributed by atoms with Crippen LogP contribution in [-0.4, -0.2) is 114 Å². The molecule has 46 heavy (non-hydrogen) atoms. The molecule has 2 aromatic carbocycles. The Kier molecular flexibility index (Phi) is 8.91. The van der Waals surface area contributed by atoms with E-state index >= 15 is 4.39 Å². The average molecular weight is 628 g/mol. The van der Waals surface area contributed by atoms with Crippen LogP contribution in [0.5, 0.6) is 5.75 Å². The largest absolute Gasteiger partial charge is 0.486 e. The highest BCUT2D eigenvalue weighted by atomic mass is 19.1. The number of nitrogens with zero attached hydrogens (tertiary/aromatic N) is 7. The van der Waals surface area contributed by atoms with Gasteiger partial charge in [0, 0.05) is 56.1 Å². The van der Waals surface area contributed by atoms with E-state index in [0.29, 0.717) is 42.1 Å². The van der Waals surface area contributed by atoms with Gasteiger partial charge in [-0.3, -0.25) is 9.69 Å². The van der Waals surface area contributed by atoms with Crippen LogP contribution in [0.4, 0.5) is 21.7 Å². The molecule has 4 aliphatic rings. The molecule has 4 fully saturated rings. The number of nitriles is 1. The van der Waals surface area contributed by atoms with Crippen LogP contribution in [0.3, 0.4) is 0 Å². The smallest absolute Gasteiger partial charge is 0.239 e. The van der Waals surface area contributed by atoms with Gasteiger partial charge in [-0.1, -0.05) is 0 Å². The van der Waals surface area contributed by atoms with Gasteiger partial charge >= 0.3 is 0 Å². The van der Waals surface area contributed by atoms with Crippen molar-refractivity contribution in [1.29, 1.82) is 5.26 Å². The zero-order valence-corrected chi connectivity index (χ0v) is 25.6. The van der Waals surface area contributed by atoms with E-state index in [9.17, 15) is 10.1 Å². The molecule has 0 bridgehead atoms. The summed E-state index contributed by atoms with van der Waals surface area (Å²) < 4.78 is 26.5. The quantitative estimate of drug-likeness (QED) is 0.382. The van der Waals surface area contributed by atoms with Crippen LogP contribution >= 0.6 is 0 Å². The van der Waals surface area contributed by atoms with Gasteiger partial charge in [-0.25, -0.2) is 14.4 Å². The minimum absolute atomic E-state index is 0.0153. The van der Waals surface area contributed by atoms with Crippen molar-refractivity contribution >= 4 is 23.2 Å². The number of aromatic nitrogens is 3. The van der Waals surface area contributed by atoms with E-state index in [0.717, 1.165) is 64.5 Å². The average Bonchev–Trinajstić information content (AvgIpc) is 3.61. The number of halogens is 1. The number of nitrogens with one attached hydrogen (secondary N) is 2. The van der Waals surface area contributed by atoms with Crippen LogP contribution in [-0.2, 0) is 9.53 Å². The maximum atomic E-state index is 15.1. The lowest BCUT2D eigenvalue weighted by Gasteiger charge is -2.43. The Morgan fingerprint density at radius 3 is 2.59 bits per heavy atom. The molecule has 12 nitrogen and oxygen atoms in total. The fraction of sp³-hybridized carbons (Fsp3) is 0.485. The molecular formula is C33H38FN9O3. The maximum absolute atomic E-state index is 15.1. The highest BCUT2D eigenvalue weighted by molar-refractivity contribution is 5.82. The molecule has 13 heteroatoms. The molecule has 0 aliphatic carbocycles. The number of hydrogen-bond acceptors (Lipinski definition) is 11. The molecule has 240 valence electrons. The minimum atomic E-state index is -1.35. The van der Waals surface area contributed by atoms with Gasteiger partial charge in [-0.05, 0) is 61.9 Å². The van der Waals surface area contributed by atoms with E-state index in [1.165, 1.54) is 12.0 Å². The van der Waals surface area contributed by atoms with E-state index in [1.54, 1.807) is 23.1 Å². The van der Waals surface area contributed by atoms with Crippen molar-refractivity contribution in [3.8, 4) is 23.2 Å². The Bertz CT molecular complexity index is 1570. The predicted molar refractivity (Wildman–Crippen MR) is 170 cm³/mol. The van der Waals surface area contributed by atoms with Crippen molar-refractivity contribution in [2.75, 3.05) is 69.2 Å². The number of benzene rings is 2. The van der Waals surface area contributed by atoms with Gasteiger partial charge in [-0.2, -0.15) is 10.2 Å². The molecule has 2 N–H and O–H groups in total. The predicted octanol–water partition coefficient (Wildman–Crippen LogP) is 2.74. The second-order valence-corrected chi connectivity index (χ2v) is 12.2. The summed E-state index contributed by atoms with van der Waals surface area (Å²) in [6.45, 7) is 6.97. The summed E-state index contributed by atoms with van der Waals surface area (Å²) in [4.78, 5) is 32.3. The first-order chi connectivity index (χ1) is 22.5. The normalized spacial score (nSPS) is 23.9. The zero-order valence-electron chi connectivity index (χ0n) is 25.6. The third kappa shape index (κ3) is 6.60. The van der Waals surface area contributed by atoms with Crippen LogP contribution in [0.25, 0.3) is 11.4 Å². The van der Waals surface area contributed by atoms with Gasteiger partial charge in [0.05, 0.1) is 37.4 Å². The van der Waals surface area contributed by atoms with Crippen LogP contribution < -0.4 is 20.3 Å². The molecule has 1 aromatic heterocycles. The summed E-state index contributed by atoms with van der Waals surface area (Å²) in [5.74, 6) is 1.01. The van der Waals surface area contributed by atoms with Crippen LogP contribution in [0.1, 0.15) is 24.8 Å². The standard InChI is InChI=1S/C33H38FN9O3/c34-27-18-43(32(44)28-2-1-10-36-28)11-9-30(27)46-29-8-3-22(16-23(29)17-35)31-37-21-38-33(40-31)39-24-4-6-25(7-5-24)41-12-14-42(15-13-41)26-19-45-20-26/h3-8,16,21,26-28,30,36H,1-2,9-15,18-20H2,(H,37,38,39,40)/t27?,28-,30?/m0/s1. The minimum Gasteiger partial charge on any atom is -0.486 e. The Morgan fingerprint density at radius 1 is 1.07 bits per heavy atom. The number of likely N-dealkylation sites (tertiary alicyclic amines) is 1. The lowest BCUT2D eigenvalue weighted by molar-refractivity contribution is -0.137. The number of anilines is 3. The molecule has 1 amide bonds. The summed E-state index contributed by atoms with van der Waals surface area (Å²) in [6, 6.07) is 15.8. The van der Waals surface area contributed by atoms with E-state index in [1.807, 2.05) is 12.1 Å². The Morgan fingerprint density at radius 2 is 1.89 bits per heavy atom. The van der Waals surface area contributed by atoms with Crippen LogP contribution in [0, 0.1) is 11.3 Å². The van der Waals surface area contributed by atoms with Crippen molar-refractivity contribution < 1.29 is 18.7 Å². The Hall–Kier alpha value is -4.38. The number of hydrogen-bond donors (Lipinski definition) is 2. The van der Waals surface area contributed by atoms with E-state index in [-0.39, 0.29) is 24.1 Å². The molecule has 2 unspecified atom stereocenters.